The summed E-state index contributed by atoms with van der Waals surface area (Å²) in [6, 6.07) is 12.6. The van der Waals surface area contributed by atoms with E-state index in [1.54, 1.807) is 6.20 Å². The third kappa shape index (κ3) is 4.03. The van der Waals surface area contributed by atoms with Crippen LogP contribution in [0.2, 0.25) is 0 Å². The molecule has 0 unspecified atom stereocenters. The number of rotatable bonds is 6. The molecule has 0 bridgehead atoms. The zero-order valence-electron chi connectivity index (χ0n) is 15.0. The molecule has 0 amide bonds. The van der Waals surface area contributed by atoms with E-state index >= 15 is 0 Å². The molecule has 6 nitrogen and oxygen atoms in total. The van der Waals surface area contributed by atoms with Crippen molar-refractivity contribution >= 4 is 0 Å². The van der Waals surface area contributed by atoms with E-state index in [1.165, 1.54) is 11.1 Å². The lowest BCUT2D eigenvalue weighted by molar-refractivity contribution is 0.140. The molecule has 2 aromatic heterocycles. The smallest absolute Gasteiger partial charge is 0.0711 e. The van der Waals surface area contributed by atoms with Crippen molar-refractivity contribution in [3.8, 4) is 0 Å². The number of nitrogens with zero attached hydrogens (tertiary/aromatic N) is 4. The van der Waals surface area contributed by atoms with Crippen LogP contribution < -0.4 is 0 Å². The second kappa shape index (κ2) is 7.43. The van der Waals surface area contributed by atoms with Gasteiger partial charge in [-0.1, -0.05) is 24.3 Å². The van der Waals surface area contributed by atoms with Crippen LogP contribution in [0.3, 0.4) is 0 Å². The number of hydrogen-bond donors (Lipinski definition) is 2. The van der Waals surface area contributed by atoms with Crippen molar-refractivity contribution in [2.75, 3.05) is 13.1 Å². The van der Waals surface area contributed by atoms with E-state index in [0.717, 1.165) is 44.0 Å². The Bertz CT molecular complexity index is 842. The molecular formula is C20H25N5O. The van der Waals surface area contributed by atoms with Crippen LogP contribution in [0.1, 0.15) is 22.5 Å². The molecule has 1 aliphatic heterocycles. The number of β-amino-alcohol motifs (C(OH)–C–C–N with tert-alkyl or cyclic N) is 1. The van der Waals surface area contributed by atoms with E-state index in [2.05, 4.69) is 50.5 Å². The lowest BCUT2D eigenvalue weighted by atomic mass is 10.0. The molecule has 1 aromatic carbocycles. The number of hydrogen-bond acceptors (Lipinski definition) is 4. The summed E-state index contributed by atoms with van der Waals surface area (Å²) in [5.41, 5.74) is 4.63. The topological polar surface area (TPSA) is 70.0 Å². The van der Waals surface area contributed by atoms with Gasteiger partial charge in [0, 0.05) is 43.6 Å². The van der Waals surface area contributed by atoms with Crippen molar-refractivity contribution < 1.29 is 5.11 Å². The van der Waals surface area contributed by atoms with Crippen molar-refractivity contribution in [2.24, 2.45) is 5.92 Å². The molecule has 2 N–H and O–H groups in total. The van der Waals surface area contributed by atoms with Crippen LogP contribution in [0.5, 0.6) is 0 Å². The molecule has 0 radical (unpaired) electrons. The molecule has 1 aliphatic rings. The average molecular weight is 351 g/mol. The van der Waals surface area contributed by atoms with E-state index in [9.17, 15) is 5.11 Å². The van der Waals surface area contributed by atoms with Crippen LogP contribution >= 0.6 is 0 Å². The Morgan fingerprint density at radius 2 is 2.00 bits per heavy atom. The second-order valence-electron chi connectivity index (χ2n) is 7.29. The molecule has 4 rings (SSSR count). The van der Waals surface area contributed by atoms with Gasteiger partial charge in [-0.05, 0) is 36.6 Å². The van der Waals surface area contributed by atoms with Crippen LogP contribution in [-0.2, 0) is 19.5 Å². The fourth-order valence-corrected chi connectivity index (χ4v) is 3.78. The van der Waals surface area contributed by atoms with E-state index in [0.29, 0.717) is 0 Å². The van der Waals surface area contributed by atoms with E-state index < -0.39 is 0 Å². The Balaban J connectivity index is 1.37. The molecule has 136 valence electrons. The highest BCUT2D eigenvalue weighted by atomic mass is 16.3. The number of aliphatic hydroxyl groups excluding tert-OH is 1. The first-order valence-electron chi connectivity index (χ1n) is 9.12. The van der Waals surface area contributed by atoms with Gasteiger partial charge < -0.3 is 5.11 Å². The summed E-state index contributed by atoms with van der Waals surface area (Å²) in [4.78, 5) is 2.34. The van der Waals surface area contributed by atoms with Gasteiger partial charge in [0.05, 0.1) is 18.3 Å². The molecule has 0 saturated carbocycles. The number of H-pyrrole nitrogens is 1. The molecule has 3 aromatic rings. The second-order valence-corrected chi connectivity index (χ2v) is 7.29. The van der Waals surface area contributed by atoms with Crippen molar-refractivity contribution in [2.45, 2.75) is 32.5 Å². The van der Waals surface area contributed by atoms with Crippen molar-refractivity contribution in [1.82, 2.24) is 24.9 Å². The van der Waals surface area contributed by atoms with Crippen molar-refractivity contribution in [3.05, 3.63) is 71.3 Å². The highest BCUT2D eigenvalue weighted by Crippen LogP contribution is 2.23. The SMILES string of the molecule is Cc1cc(C[C@@H]2CN(Cc3cccc(Cn4cccn4)c3)C[C@H]2O)n[nH]1. The van der Waals surface area contributed by atoms with Crippen LogP contribution in [0.25, 0.3) is 0 Å². The van der Waals surface area contributed by atoms with Gasteiger partial charge in [0.1, 0.15) is 0 Å². The molecule has 3 heterocycles. The maximum atomic E-state index is 10.4. The molecule has 0 spiro atoms. The van der Waals surface area contributed by atoms with Crippen molar-refractivity contribution in [3.63, 3.8) is 0 Å². The van der Waals surface area contributed by atoms with Gasteiger partial charge in [0.25, 0.3) is 0 Å². The van der Waals surface area contributed by atoms with E-state index in [4.69, 9.17) is 0 Å². The monoisotopic (exact) mass is 351 g/mol. The maximum absolute atomic E-state index is 10.4. The maximum Gasteiger partial charge on any atom is 0.0711 e. The normalized spacial score (nSPS) is 20.7. The zero-order valence-corrected chi connectivity index (χ0v) is 15.0. The summed E-state index contributed by atoms with van der Waals surface area (Å²) in [6.45, 7) is 5.27. The number of aliphatic hydroxyl groups is 1. The van der Waals surface area contributed by atoms with Gasteiger partial charge in [-0.25, -0.2) is 0 Å². The van der Waals surface area contributed by atoms with Crippen LogP contribution in [0, 0.1) is 12.8 Å². The summed E-state index contributed by atoms with van der Waals surface area (Å²) in [6.07, 6.45) is 4.31. The molecule has 0 aliphatic carbocycles. The first-order valence-corrected chi connectivity index (χ1v) is 9.12. The summed E-state index contributed by atoms with van der Waals surface area (Å²) in [5, 5.41) is 22.0. The predicted octanol–water partition coefficient (Wildman–Crippen LogP) is 2.00. The van der Waals surface area contributed by atoms with Gasteiger partial charge in [0.2, 0.25) is 0 Å². The van der Waals surface area contributed by atoms with Crippen molar-refractivity contribution in [1.29, 1.82) is 0 Å². The highest BCUT2D eigenvalue weighted by Gasteiger charge is 2.31. The predicted molar refractivity (Wildman–Crippen MR) is 99.6 cm³/mol. The fraction of sp³-hybridized carbons (Fsp3) is 0.400. The molecular weight excluding hydrogens is 326 g/mol. The summed E-state index contributed by atoms with van der Waals surface area (Å²) in [7, 11) is 0. The number of nitrogens with one attached hydrogen (secondary N) is 1. The number of benzene rings is 1. The minimum absolute atomic E-state index is 0.241. The van der Waals surface area contributed by atoms with Gasteiger partial charge in [-0.3, -0.25) is 14.7 Å². The van der Waals surface area contributed by atoms with Crippen LogP contribution in [0.15, 0.2) is 48.8 Å². The van der Waals surface area contributed by atoms with Gasteiger partial charge >= 0.3 is 0 Å². The lowest BCUT2D eigenvalue weighted by Crippen LogP contribution is -2.21. The first kappa shape index (κ1) is 17.0. The fourth-order valence-electron chi connectivity index (χ4n) is 3.78. The highest BCUT2D eigenvalue weighted by molar-refractivity contribution is 5.24. The quantitative estimate of drug-likeness (QED) is 0.713. The Morgan fingerprint density at radius 3 is 2.73 bits per heavy atom. The molecule has 26 heavy (non-hydrogen) atoms. The largest absolute Gasteiger partial charge is 0.391 e. The standard InChI is InChI=1S/C20H25N5O/c1-15-8-19(23-22-15)10-18-13-24(14-20(18)26)11-16-4-2-5-17(9-16)12-25-7-3-6-21-25/h2-9,18,20,26H,10-14H2,1H3,(H,22,23)/t18-,20-/m1/s1. The molecule has 1 saturated heterocycles. The Labute approximate surface area is 153 Å². The Morgan fingerprint density at radius 1 is 1.15 bits per heavy atom. The minimum atomic E-state index is -0.292. The third-order valence-corrected chi connectivity index (χ3v) is 5.01. The molecule has 2 atom stereocenters. The van der Waals surface area contributed by atoms with Gasteiger partial charge in [-0.15, -0.1) is 0 Å². The summed E-state index contributed by atoms with van der Waals surface area (Å²) < 4.78 is 1.93. The van der Waals surface area contributed by atoms with Crippen LogP contribution in [-0.4, -0.2) is 49.2 Å². The summed E-state index contributed by atoms with van der Waals surface area (Å²) in [5.74, 6) is 0.241. The van der Waals surface area contributed by atoms with Crippen LogP contribution in [0.4, 0.5) is 0 Å². The number of aryl methyl sites for hydroxylation is 1. The van der Waals surface area contributed by atoms with E-state index in [-0.39, 0.29) is 12.0 Å². The Kier molecular flexibility index (Phi) is 4.86. The molecule has 6 heteroatoms. The summed E-state index contributed by atoms with van der Waals surface area (Å²) >= 11 is 0. The Hall–Kier alpha value is -2.44. The van der Waals surface area contributed by atoms with Gasteiger partial charge in [-0.2, -0.15) is 10.2 Å². The number of likely N-dealkylation sites (tertiary alicyclic amines) is 1. The van der Waals surface area contributed by atoms with E-state index in [1.807, 2.05) is 23.9 Å². The lowest BCUT2D eigenvalue weighted by Gasteiger charge is -2.16. The van der Waals surface area contributed by atoms with Gasteiger partial charge in [0.15, 0.2) is 0 Å². The average Bonchev–Trinajstić information content (AvgIpc) is 3.32. The number of aromatic amines is 1. The zero-order chi connectivity index (χ0) is 17.9. The number of aromatic nitrogens is 4. The minimum Gasteiger partial charge on any atom is -0.391 e. The molecule has 1 fully saturated rings. The first-order chi connectivity index (χ1) is 12.7. The third-order valence-electron chi connectivity index (χ3n) is 5.01.